The van der Waals surface area contributed by atoms with Crippen molar-refractivity contribution < 1.29 is 104 Å². The molecule has 0 aliphatic carbocycles. The van der Waals surface area contributed by atoms with Crippen LogP contribution >= 0.6 is 0 Å². The Kier molecular flexibility index (Phi) is 13.4. The van der Waals surface area contributed by atoms with Gasteiger partial charge in [-0.1, -0.05) is 30.0 Å². The summed E-state index contributed by atoms with van der Waals surface area (Å²) in [6.07, 6.45) is 0. The molecule has 0 amide bonds. The van der Waals surface area contributed by atoms with Crippen LogP contribution in [-0.2, 0) is 30.3 Å². The molecule has 0 bridgehead atoms. The van der Waals surface area contributed by atoms with Crippen LogP contribution in [0, 0.1) is 17.0 Å². The molecule has 5 aromatic carbocycles. The van der Waals surface area contributed by atoms with Gasteiger partial charge < -0.3 is 15.4 Å². The molecule has 0 unspecified atom stereocenters. The third kappa shape index (κ3) is 9.37. The molecule has 0 radical (unpaired) electrons. The normalized spacial score (nSPS) is 12.1. The first-order valence-electron chi connectivity index (χ1n) is 13.7. The van der Waals surface area contributed by atoms with E-state index in [1.807, 2.05) is 0 Å². The molecule has 258 valence electrons. The van der Waals surface area contributed by atoms with Gasteiger partial charge in [-0.05, 0) is 66.4 Å². The Balaban J connectivity index is 0.00000364. The summed E-state index contributed by atoms with van der Waals surface area (Å²) in [5.74, 6) is -1.30. The van der Waals surface area contributed by atoms with Gasteiger partial charge in [-0.15, -0.1) is 10.2 Å². The first kappa shape index (κ1) is 42.5. The van der Waals surface area contributed by atoms with E-state index < -0.39 is 78.6 Å². The molecular formula is C29H21N7Na2O11S3. The number of hydrogen-bond donors (Lipinski definition) is 3. The number of hydrogen-bond acceptors (Lipinski definition) is 15. The number of nitro benzene ring substituents is 1. The minimum absolute atomic E-state index is 0. The number of rotatable bonds is 10. The van der Waals surface area contributed by atoms with Crippen LogP contribution in [0.5, 0.6) is 5.75 Å². The first-order valence-corrected chi connectivity index (χ1v) is 18.0. The zero-order valence-electron chi connectivity index (χ0n) is 27.2. The van der Waals surface area contributed by atoms with Crippen LogP contribution in [0.4, 0.5) is 39.8 Å². The van der Waals surface area contributed by atoms with Crippen molar-refractivity contribution in [1.82, 2.24) is 0 Å². The van der Waals surface area contributed by atoms with Crippen molar-refractivity contribution in [1.29, 1.82) is 0 Å². The van der Waals surface area contributed by atoms with Gasteiger partial charge in [-0.3, -0.25) is 19.4 Å². The largest absolute Gasteiger partial charge is 1.00 e. The Hall–Kier alpha value is -3.87. The number of anilines is 2. The molecule has 23 heteroatoms. The molecule has 0 saturated carbocycles. The van der Waals surface area contributed by atoms with Gasteiger partial charge in [-0.25, -0.2) is 16.8 Å². The third-order valence-electron chi connectivity index (χ3n) is 6.94. The predicted molar refractivity (Wildman–Crippen MR) is 175 cm³/mol. The van der Waals surface area contributed by atoms with E-state index in [1.54, 1.807) is 18.2 Å². The number of non-ortho nitro benzene ring substituents is 1. The van der Waals surface area contributed by atoms with Crippen molar-refractivity contribution in [2.24, 2.45) is 20.5 Å². The monoisotopic (exact) mass is 785 g/mol. The molecule has 0 aliphatic rings. The maximum absolute atomic E-state index is 13.8. The average Bonchev–Trinajstić information content (AvgIpc) is 3.03. The van der Waals surface area contributed by atoms with E-state index in [4.69, 9.17) is 5.73 Å². The SMILES string of the molecule is Cc1ccc(S(=O)(=O)Nc2ccccc2)cc1N=Nc1c(S(=O)(=O)O)cc2cc(S(=O)(=O)[O-])c(N=Nc3ccc([N+](=O)[O-])cc3)c(N)c2c1[O-].[Na+].[Na+]. The fraction of sp³-hybridized carbons (Fsp3) is 0.0345. The number of aryl methyl sites for hydroxylation is 1. The summed E-state index contributed by atoms with van der Waals surface area (Å²) in [7, 11) is -14.8. The fourth-order valence-corrected chi connectivity index (χ4v) is 6.91. The molecule has 4 N–H and O–H groups in total. The smallest absolute Gasteiger partial charge is 0.870 e. The Morgan fingerprint density at radius 2 is 1.38 bits per heavy atom. The van der Waals surface area contributed by atoms with E-state index in [0.29, 0.717) is 17.7 Å². The van der Waals surface area contributed by atoms with E-state index in [2.05, 4.69) is 25.2 Å². The van der Waals surface area contributed by atoms with Gasteiger partial charge in [0.2, 0.25) is 0 Å². The number of para-hydroxylation sites is 1. The van der Waals surface area contributed by atoms with E-state index in [-0.39, 0.29) is 86.8 Å². The number of nitrogens with zero attached hydrogens (tertiary/aromatic N) is 5. The van der Waals surface area contributed by atoms with Crippen molar-refractivity contribution >= 4 is 80.8 Å². The van der Waals surface area contributed by atoms with Gasteiger partial charge in [0.1, 0.15) is 20.7 Å². The molecule has 52 heavy (non-hydrogen) atoms. The molecule has 0 heterocycles. The molecule has 18 nitrogen and oxygen atoms in total. The number of nitrogen functional groups attached to an aromatic ring is 1. The third-order valence-corrected chi connectivity index (χ3v) is 10.0. The van der Waals surface area contributed by atoms with Crippen LogP contribution in [0.15, 0.2) is 120 Å². The number of nitro groups is 1. The second-order valence-electron chi connectivity index (χ2n) is 10.3. The molecule has 0 saturated heterocycles. The van der Waals surface area contributed by atoms with Crippen molar-refractivity contribution in [2.75, 3.05) is 10.5 Å². The Morgan fingerprint density at radius 1 is 0.788 bits per heavy atom. The maximum atomic E-state index is 13.8. The first-order chi connectivity index (χ1) is 23.4. The van der Waals surface area contributed by atoms with Crippen molar-refractivity contribution in [3.8, 4) is 5.75 Å². The molecule has 0 spiro atoms. The van der Waals surface area contributed by atoms with Gasteiger partial charge in [0.25, 0.3) is 25.8 Å². The molecule has 0 fully saturated rings. The number of nitrogens with one attached hydrogen (secondary N) is 1. The number of azo groups is 2. The van der Waals surface area contributed by atoms with Crippen LogP contribution in [-0.4, -0.2) is 39.3 Å². The summed E-state index contributed by atoms with van der Waals surface area (Å²) in [5, 5.41) is 38.7. The van der Waals surface area contributed by atoms with Crippen LogP contribution in [0.1, 0.15) is 5.56 Å². The van der Waals surface area contributed by atoms with Crippen molar-refractivity contribution in [2.45, 2.75) is 21.6 Å². The summed E-state index contributed by atoms with van der Waals surface area (Å²) >= 11 is 0. The molecule has 0 aromatic heterocycles. The second-order valence-corrected chi connectivity index (χ2v) is 14.7. The van der Waals surface area contributed by atoms with Gasteiger partial charge in [-0.2, -0.15) is 18.6 Å². The summed E-state index contributed by atoms with van der Waals surface area (Å²) in [5.41, 5.74) is 3.71. The quantitative estimate of drug-likeness (QED) is 0.0403. The second kappa shape index (κ2) is 16.4. The topological polar surface area (TPSA) is 299 Å². The van der Waals surface area contributed by atoms with Gasteiger partial charge in [0.15, 0.2) is 0 Å². The summed E-state index contributed by atoms with van der Waals surface area (Å²) in [6, 6.07) is 17.4. The fourth-order valence-electron chi connectivity index (χ4n) is 4.52. The molecule has 5 aromatic rings. The van der Waals surface area contributed by atoms with Crippen molar-refractivity contribution in [3.05, 3.63) is 101 Å². The average molecular weight is 786 g/mol. The predicted octanol–water partition coefficient (Wildman–Crippen LogP) is -0.497. The van der Waals surface area contributed by atoms with Crippen molar-refractivity contribution in [3.63, 3.8) is 0 Å². The Bertz CT molecular complexity index is 2590. The van der Waals surface area contributed by atoms with Crippen LogP contribution in [0.3, 0.4) is 0 Å². The molecular weight excluding hydrogens is 765 g/mol. The molecule has 0 aliphatic heterocycles. The zero-order chi connectivity index (χ0) is 36.6. The molecule has 0 atom stereocenters. The van der Waals surface area contributed by atoms with Crippen LogP contribution < -0.4 is 74.7 Å². The minimum atomic E-state index is -5.41. The summed E-state index contributed by atoms with van der Waals surface area (Å²) in [6.45, 7) is 1.52. The zero-order valence-corrected chi connectivity index (χ0v) is 33.6. The van der Waals surface area contributed by atoms with Crippen LogP contribution in [0.25, 0.3) is 10.8 Å². The number of benzene rings is 5. The summed E-state index contributed by atoms with van der Waals surface area (Å²) < 4.78 is 99.7. The number of nitrogens with two attached hydrogens (primary N) is 1. The van der Waals surface area contributed by atoms with E-state index in [9.17, 15) is 49.6 Å². The Morgan fingerprint density at radius 3 is 1.96 bits per heavy atom. The maximum Gasteiger partial charge on any atom is 1.00 e. The van der Waals surface area contributed by atoms with Crippen LogP contribution in [0.2, 0.25) is 0 Å². The number of sulfonamides is 1. The van der Waals surface area contributed by atoms with E-state index >= 15 is 0 Å². The van der Waals surface area contributed by atoms with Gasteiger partial charge in [0.05, 0.1) is 37.5 Å². The van der Waals surface area contributed by atoms with Gasteiger partial charge in [0, 0.05) is 23.2 Å². The van der Waals surface area contributed by atoms with Gasteiger partial charge >= 0.3 is 59.1 Å². The molecule has 5 rings (SSSR count). The van der Waals surface area contributed by atoms with E-state index in [1.165, 1.54) is 31.2 Å². The number of fused-ring (bicyclic) bond motifs is 1. The Labute approximate surface area is 340 Å². The summed E-state index contributed by atoms with van der Waals surface area (Å²) in [4.78, 5) is 7.73. The minimum Gasteiger partial charge on any atom is -0.870 e. The van der Waals surface area contributed by atoms with E-state index in [0.717, 1.165) is 30.3 Å². The standard InChI is InChI=1S/C29H23N7O11S3.2Na/c1-16-7-12-21(48(40,41)35-19-5-3-2-4-6-19)15-22(16)32-34-28-24(50(45,46)47)14-17-13-23(49(42,43)44)27(26(30)25(17)29(28)37)33-31-18-8-10-20(11-9-18)36(38)39;;/h2-15,35,37H,30H2,1H3,(H,42,43,44)(H,45,46,47);;/q;2*+1/p-2.